The van der Waals surface area contributed by atoms with Crippen LogP contribution in [-0.2, 0) is 0 Å². The number of hydrogen-bond acceptors (Lipinski definition) is 5. The molecule has 0 amide bonds. The predicted molar refractivity (Wildman–Crippen MR) is 93.8 cm³/mol. The third kappa shape index (κ3) is 3.02. The van der Waals surface area contributed by atoms with Crippen LogP contribution >= 0.6 is 0 Å². The molecule has 4 rings (SSSR count). The van der Waals surface area contributed by atoms with E-state index >= 15 is 0 Å². The first-order valence-corrected chi connectivity index (χ1v) is 7.55. The zero-order valence-corrected chi connectivity index (χ0v) is 13.0. The Labute approximate surface area is 142 Å². The third-order valence-corrected chi connectivity index (χ3v) is 3.72. The van der Waals surface area contributed by atoms with E-state index in [0.717, 1.165) is 27.8 Å². The Morgan fingerprint density at radius 3 is 2.84 bits per heavy atom. The standard InChI is InChI=1S/C18H13N5O2/c24-17(25)16-9-12-8-13(3-4-14(12)22-16)21-18-20-7-5-15(23-18)11-2-1-6-19-10-11/h1-10,22H,(H,24,25)(H,20,21,23). The number of fused-ring (bicyclic) bond motifs is 1. The van der Waals surface area contributed by atoms with E-state index in [-0.39, 0.29) is 5.69 Å². The summed E-state index contributed by atoms with van der Waals surface area (Å²) in [5, 5.41) is 13.0. The summed E-state index contributed by atoms with van der Waals surface area (Å²) in [7, 11) is 0. The zero-order valence-electron chi connectivity index (χ0n) is 13.0. The Kier molecular flexibility index (Phi) is 3.59. The fourth-order valence-electron chi connectivity index (χ4n) is 2.55. The molecule has 25 heavy (non-hydrogen) atoms. The van der Waals surface area contributed by atoms with Crippen LogP contribution in [0.3, 0.4) is 0 Å². The van der Waals surface area contributed by atoms with Crippen LogP contribution in [0.5, 0.6) is 0 Å². The maximum atomic E-state index is 11.0. The highest BCUT2D eigenvalue weighted by atomic mass is 16.4. The van der Waals surface area contributed by atoms with E-state index in [0.29, 0.717) is 5.95 Å². The van der Waals surface area contributed by atoms with Gasteiger partial charge in [-0.2, -0.15) is 0 Å². The molecule has 3 heterocycles. The minimum Gasteiger partial charge on any atom is -0.477 e. The van der Waals surface area contributed by atoms with Gasteiger partial charge in [0.15, 0.2) is 0 Å². The molecule has 3 N–H and O–H groups in total. The molecule has 3 aromatic heterocycles. The Morgan fingerprint density at radius 1 is 1.12 bits per heavy atom. The van der Waals surface area contributed by atoms with Gasteiger partial charge in [-0.25, -0.2) is 14.8 Å². The first kappa shape index (κ1) is 14.8. The number of aromatic carboxylic acids is 1. The van der Waals surface area contributed by atoms with E-state index in [2.05, 4.69) is 25.3 Å². The first-order chi connectivity index (χ1) is 12.2. The summed E-state index contributed by atoms with van der Waals surface area (Å²) in [4.78, 5) is 26.7. The predicted octanol–water partition coefficient (Wildman–Crippen LogP) is 3.46. The number of H-pyrrole nitrogens is 1. The molecule has 0 saturated heterocycles. The van der Waals surface area contributed by atoms with Gasteiger partial charge in [-0.15, -0.1) is 0 Å². The summed E-state index contributed by atoms with van der Waals surface area (Å²) < 4.78 is 0. The molecule has 0 bridgehead atoms. The molecule has 7 nitrogen and oxygen atoms in total. The molecule has 1 aromatic carbocycles. The maximum absolute atomic E-state index is 11.0. The minimum atomic E-state index is -0.988. The Balaban J connectivity index is 1.64. The van der Waals surface area contributed by atoms with Crippen LogP contribution in [0, 0.1) is 0 Å². The lowest BCUT2D eigenvalue weighted by Gasteiger charge is -2.06. The van der Waals surface area contributed by atoms with Crippen molar-refractivity contribution in [2.45, 2.75) is 0 Å². The molecule has 0 unspecified atom stereocenters. The Bertz CT molecular complexity index is 1060. The lowest BCUT2D eigenvalue weighted by atomic mass is 10.2. The van der Waals surface area contributed by atoms with Crippen LogP contribution in [0.1, 0.15) is 10.5 Å². The van der Waals surface area contributed by atoms with Crippen LogP contribution in [0.4, 0.5) is 11.6 Å². The van der Waals surface area contributed by atoms with E-state index in [1.807, 2.05) is 36.4 Å². The van der Waals surface area contributed by atoms with Crippen molar-refractivity contribution < 1.29 is 9.90 Å². The second-order valence-electron chi connectivity index (χ2n) is 5.42. The van der Waals surface area contributed by atoms with Crippen molar-refractivity contribution in [3.63, 3.8) is 0 Å². The molecule has 0 aliphatic rings. The second-order valence-corrected chi connectivity index (χ2v) is 5.42. The zero-order chi connectivity index (χ0) is 17.2. The number of carboxylic acids is 1. The van der Waals surface area contributed by atoms with E-state index < -0.39 is 5.97 Å². The fourth-order valence-corrected chi connectivity index (χ4v) is 2.55. The number of aromatic nitrogens is 4. The smallest absolute Gasteiger partial charge is 0.352 e. The molecule has 0 aliphatic heterocycles. The fraction of sp³-hybridized carbons (Fsp3) is 0. The van der Waals surface area contributed by atoms with Crippen LogP contribution in [-0.4, -0.2) is 31.0 Å². The van der Waals surface area contributed by atoms with E-state index in [9.17, 15) is 4.79 Å². The van der Waals surface area contributed by atoms with Gasteiger partial charge in [0.25, 0.3) is 0 Å². The van der Waals surface area contributed by atoms with E-state index in [1.54, 1.807) is 24.7 Å². The number of carboxylic acid groups (broad SMARTS) is 1. The molecule has 4 aromatic rings. The third-order valence-electron chi connectivity index (χ3n) is 3.72. The molecule has 0 fully saturated rings. The number of nitrogens with zero attached hydrogens (tertiary/aromatic N) is 3. The SMILES string of the molecule is O=C(O)c1cc2cc(Nc3nccc(-c4cccnc4)n3)ccc2[nH]1. The van der Waals surface area contributed by atoms with Gasteiger partial charge in [-0.05, 0) is 42.5 Å². The highest BCUT2D eigenvalue weighted by Gasteiger charge is 2.08. The van der Waals surface area contributed by atoms with E-state index in [1.165, 1.54) is 0 Å². The van der Waals surface area contributed by atoms with Crippen LogP contribution in [0.2, 0.25) is 0 Å². The Hall–Kier alpha value is -3.74. The quantitative estimate of drug-likeness (QED) is 0.529. The van der Waals surface area contributed by atoms with Gasteiger partial charge in [0, 0.05) is 40.7 Å². The average molecular weight is 331 g/mol. The van der Waals surface area contributed by atoms with Crippen molar-refractivity contribution >= 4 is 28.5 Å². The molecule has 0 saturated carbocycles. The number of hydrogen-bond donors (Lipinski definition) is 3. The monoisotopic (exact) mass is 331 g/mol. The maximum Gasteiger partial charge on any atom is 0.352 e. The minimum absolute atomic E-state index is 0.155. The summed E-state index contributed by atoms with van der Waals surface area (Å²) >= 11 is 0. The van der Waals surface area contributed by atoms with Crippen LogP contribution < -0.4 is 5.32 Å². The molecular formula is C18H13N5O2. The molecule has 0 radical (unpaired) electrons. The summed E-state index contributed by atoms with van der Waals surface area (Å²) in [5.74, 6) is -0.534. The van der Waals surface area contributed by atoms with Crippen molar-refractivity contribution in [2.24, 2.45) is 0 Å². The number of benzene rings is 1. The molecule has 0 aliphatic carbocycles. The van der Waals surface area contributed by atoms with Crippen molar-refractivity contribution in [3.05, 3.63) is 66.7 Å². The number of carbonyl (C=O) groups is 1. The summed E-state index contributed by atoms with van der Waals surface area (Å²) in [6.45, 7) is 0. The largest absolute Gasteiger partial charge is 0.477 e. The summed E-state index contributed by atoms with van der Waals surface area (Å²) in [5.41, 5.74) is 3.35. The highest BCUT2D eigenvalue weighted by molar-refractivity contribution is 5.94. The van der Waals surface area contributed by atoms with Gasteiger partial charge in [-0.1, -0.05) is 0 Å². The van der Waals surface area contributed by atoms with Gasteiger partial charge >= 0.3 is 5.97 Å². The lowest BCUT2D eigenvalue weighted by molar-refractivity contribution is 0.0691. The number of aromatic amines is 1. The number of anilines is 2. The van der Waals surface area contributed by atoms with Gasteiger partial charge in [0.1, 0.15) is 5.69 Å². The van der Waals surface area contributed by atoms with Crippen molar-refractivity contribution in [2.75, 3.05) is 5.32 Å². The number of rotatable bonds is 4. The summed E-state index contributed by atoms with van der Waals surface area (Å²) in [6, 6.07) is 12.7. The Morgan fingerprint density at radius 2 is 2.04 bits per heavy atom. The topological polar surface area (TPSA) is 104 Å². The van der Waals surface area contributed by atoms with Crippen LogP contribution in [0.25, 0.3) is 22.2 Å². The first-order valence-electron chi connectivity index (χ1n) is 7.55. The molecule has 0 spiro atoms. The normalized spacial score (nSPS) is 10.7. The molecular weight excluding hydrogens is 318 g/mol. The molecule has 7 heteroatoms. The highest BCUT2D eigenvalue weighted by Crippen LogP contribution is 2.23. The number of nitrogens with one attached hydrogen (secondary N) is 2. The van der Waals surface area contributed by atoms with Crippen molar-refractivity contribution in [1.29, 1.82) is 0 Å². The second kappa shape index (κ2) is 6.04. The molecule has 0 atom stereocenters. The van der Waals surface area contributed by atoms with Crippen molar-refractivity contribution in [3.8, 4) is 11.3 Å². The summed E-state index contributed by atoms with van der Waals surface area (Å²) in [6.07, 6.45) is 5.13. The lowest BCUT2D eigenvalue weighted by Crippen LogP contribution is -1.97. The van der Waals surface area contributed by atoms with Crippen LogP contribution in [0.15, 0.2) is 61.1 Å². The van der Waals surface area contributed by atoms with Gasteiger partial charge in [0.05, 0.1) is 5.69 Å². The van der Waals surface area contributed by atoms with Gasteiger partial charge < -0.3 is 15.4 Å². The van der Waals surface area contributed by atoms with Crippen molar-refractivity contribution in [1.82, 2.24) is 19.9 Å². The van der Waals surface area contributed by atoms with Gasteiger partial charge in [-0.3, -0.25) is 4.98 Å². The average Bonchev–Trinajstić information content (AvgIpc) is 3.06. The van der Waals surface area contributed by atoms with E-state index in [4.69, 9.17) is 5.11 Å². The number of pyridine rings is 1. The molecule has 122 valence electrons. The van der Waals surface area contributed by atoms with Gasteiger partial charge in [0.2, 0.25) is 5.95 Å².